The summed E-state index contributed by atoms with van der Waals surface area (Å²) in [6, 6.07) is 0. The van der Waals surface area contributed by atoms with Gasteiger partial charge in [-0.2, -0.15) is 0 Å². The molecule has 4 N–H and O–H groups in total. The zero-order chi connectivity index (χ0) is 16.5. The first kappa shape index (κ1) is 18.8. The van der Waals surface area contributed by atoms with Gasteiger partial charge in [-0.15, -0.1) is 13.2 Å². The number of hydrogen-bond acceptors (Lipinski definition) is 5. The van der Waals surface area contributed by atoms with Gasteiger partial charge in [0.25, 0.3) is 0 Å². The molecule has 2 unspecified atom stereocenters. The van der Waals surface area contributed by atoms with Gasteiger partial charge in [0.05, 0.1) is 0 Å². The number of hydrogen-bond donors (Lipinski definition) is 4. The van der Waals surface area contributed by atoms with Gasteiger partial charge in [-0.05, 0) is 12.2 Å². The van der Waals surface area contributed by atoms with Gasteiger partial charge in [0.15, 0.2) is 0 Å². The molecule has 0 heterocycles. The smallest absolute Gasteiger partial charge is 0.355 e. The van der Waals surface area contributed by atoms with Gasteiger partial charge < -0.3 is 14.9 Å². The molecule has 0 saturated carbocycles. The number of ether oxygens (including phenoxy) is 1. The third-order valence-electron chi connectivity index (χ3n) is 2.55. The molecule has 0 spiro atoms. The first-order valence-electron chi connectivity index (χ1n) is 6.00. The van der Waals surface area contributed by atoms with E-state index >= 15 is 0 Å². The molecule has 0 rings (SSSR count). The lowest BCUT2D eigenvalue weighted by atomic mass is 10.1. The molecule has 0 bridgehead atoms. The van der Waals surface area contributed by atoms with E-state index in [1.165, 1.54) is 12.2 Å². The minimum atomic E-state index is -2.13. The van der Waals surface area contributed by atoms with E-state index in [2.05, 4.69) is 36.9 Å². The Kier molecular flexibility index (Phi) is 7.29. The summed E-state index contributed by atoms with van der Waals surface area (Å²) < 4.78 is 5.30. The van der Waals surface area contributed by atoms with Gasteiger partial charge in [0.2, 0.25) is 11.4 Å². The topological polar surface area (TPSA) is 108 Å². The molecular formula is C14H20N2O5. The van der Waals surface area contributed by atoms with E-state index in [-0.39, 0.29) is 13.1 Å². The molecule has 2 atom stereocenters. The predicted octanol–water partition coefficient (Wildman–Crippen LogP) is 0.488. The molecule has 0 aliphatic rings. The van der Waals surface area contributed by atoms with Gasteiger partial charge >= 0.3 is 11.9 Å². The number of carbonyl (C=O) groups is 2. The number of nitrogens with one attached hydrogen (secondary N) is 2. The maximum absolute atomic E-state index is 11.5. The summed E-state index contributed by atoms with van der Waals surface area (Å²) in [7, 11) is 0. The molecule has 7 nitrogen and oxygen atoms in total. The second kappa shape index (κ2) is 8.15. The van der Waals surface area contributed by atoms with E-state index < -0.39 is 23.4 Å². The summed E-state index contributed by atoms with van der Waals surface area (Å²) in [5.41, 5.74) is -4.26. The van der Waals surface area contributed by atoms with Crippen molar-refractivity contribution < 1.29 is 24.5 Å². The van der Waals surface area contributed by atoms with Crippen LogP contribution in [0.1, 0.15) is 0 Å². The number of carboxylic acids is 2. The molecule has 0 fully saturated rings. The zero-order valence-electron chi connectivity index (χ0n) is 11.7. The van der Waals surface area contributed by atoms with Crippen molar-refractivity contribution in [1.29, 1.82) is 0 Å². The molecule has 0 aromatic carbocycles. The first-order chi connectivity index (χ1) is 9.84. The monoisotopic (exact) mass is 296 g/mol. The highest BCUT2D eigenvalue weighted by Gasteiger charge is 2.48. The first-order valence-corrected chi connectivity index (χ1v) is 6.00. The Balaban J connectivity index is 5.67. The molecule has 0 aliphatic heterocycles. The number of carboxylic acid groups (broad SMARTS) is 2. The highest BCUT2D eigenvalue weighted by atomic mass is 16.6. The van der Waals surface area contributed by atoms with E-state index in [1.807, 2.05) is 0 Å². The molecule has 21 heavy (non-hydrogen) atoms. The fourth-order valence-corrected chi connectivity index (χ4v) is 1.41. The van der Waals surface area contributed by atoms with E-state index in [0.29, 0.717) is 0 Å². The minimum Gasteiger partial charge on any atom is -0.478 e. The molecular weight excluding hydrogens is 276 g/mol. The summed E-state index contributed by atoms with van der Waals surface area (Å²) in [5.74, 6) is -2.90. The normalized spacial score (nSPS) is 16.0. The maximum Gasteiger partial charge on any atom is 0.355 e. The molecule has 0 aromatic heterocycles. The van der Waals surface area contributed by atoms with Crippen molar-refractivity contribution in [2.75, 3.05) is 13.1 Å². The Labute approximate surface area is 123 Å². The van der Waals surface area contributed by atoms with Crippen LogP contribution in [0.25, 0.3) is 0 Å². The van der Waals surface area contributed by atoms with Crippen LogP contribution >= 0.6 is 0 Å². The molecule has 7 heteroatoms. The van der Waals surface area contributed by atoms with E-state index in [4.69, 9.17) is 4.74 Å². The fourth-order valence-electron chi connectivity index (χ4n) is 1.41. The SMILES string of the molecule is C=CCNC(C=C)(OC(C=C)(NCC=C)C(=O)O)C(=O)O. The van der Waals surface area contributed by atoms with Crippen molar-refractivity contribution >= 4 is 11.9 Å². The van der Waals surface area contributed by atoms with Crippen molar-refractivity contribution in [3.63, 3.8) is 0 Å². The van der Waals surface area contributed by atoms with Crippen LogP contribution in [0.4, 0.5) is 0 Å². The Bertz CT molecular complexity index is 409. The molecule has 0 saturated heterocycles. The largest absolute Gasteiger partial charge is 0.478 e. The third-order valence-corrected chi connectivity index (χ3v) is 2.55. The lowest BCUT2D eigenvalue weighted by molar-refractivity contribution is -0.197. The lowest BCUT2D eigenvalue weighted by Gasteiger charge is -2.36. The predicted molar refractivity (Wildman–Crippen MR) is 78.6 cm³/mol. The molecule has 0 amide bonds. The van der Waals surface area contributed by atoms with Crippen LogP contribution in [0.5, 0.6) is 0 Å². The van der Waals surface area contributed by atoms with Crippen molar-refractivity contribution in [3.8, 4) is 0 Å². The van der Waals surface area contributed by atoms with Crippen molar-refractivity contribution in [2.24, 2.45) is 0 Å². The second-order valence-electron chi connectivity index (χ2n) is 3.93. The van der Waals surface area contributed by atoms with Crippen LogP contribution in [-0.4, -0.2) is 46.7 Å². The Morgan fingerprint density at radius 1 is 0.905 bits per heavy atom. The summed E-state index contributed by atoms with van der Waals surface area (Å²) >= 11 is 0. The third kappa shape index (κ3) is 4.38. The van der Waals surface area contributed by atoms with Gasteiger partial charge in [-0.25, -0.2) is 9.59 Å². The molecule has 0 aliphatic carbocycles. The van der Waals surface area contributed by atoms with Crippen LogP contribution in [0.15, 0.2) is 50.6 Å². The maximum atomic E-state index is 11.5. The molecule has 116 valence electrons. The second-order valence-corrected chi connectivity index (χ2v) is 3.93. The number of aliphatic carboxylic acids is 2. The Morgan fingerprint density at radius 2 is 1.24 bits per heavy atom. The van der Waals surface area contributed by atoms with Crippen LogP contribution in [0, 0.1) is 0 Å². The van der Waals surface area contributed by atoms with Gasteiger partial charge in [-0.3, -0.25) is 10.6 Å². The average molecular weight is 296 g/mol. The van der Waals surface area contributed by atoms with Crippen molar-refractivity contribution in [3.05, 3.63) is 50.6 Å². The summed E-state index contributed by atoms with van der Waals surface area (Å²) in [6.07, 6.45) is 4.71. The highest BCUT2D eigenvalue weighted by Crippen LogP contribution is 2.21. The van der Waals surface area contributed by atoms with Crippen LogP contribution in [0.3, 0.4) is 0 Å². The van der Waals surface area contributed by atoms with Crippen LogP contribution in [-0.2, 0) is 14.3 Å². The van der Waals surface area contributed by atoms with E-state index in [9.17, 15) is 19.8 Å². The van der Waals surface area contributed by atoms with Crippen LogP contribution in [0.2, 0.25) is 0 Å². The van der Waals surface area contributed by atoms with Gasteiger partial charge in [-0.1, -0.05) is 25.3 Å². The van der Waals surface area contributed by atoms with Gasteiger partial charge in [0, 0.05) is 13.1 Å². The molecule has 0 aromatic rings. The minimum absolute atomic E-state index is 0.0621. The zero-order valence-corrected chi connectivity index (χ0v) is 11.7. The average Bonchev–Trinajstić information content (AvgIpc) is 2.46. The quantitative estimate of drug-likeness (QED) is 0.306. The van der Waals surface area contributed by atoms with Crippen LogP contribution < -0.4 is 10.6 Å². The van der Waals surface area contributed by atoms with Gasteiger partial charge in [0.1, 0.15) is 0 Å². The lowest BCUT2D eigenvalue weighted by Crippen LogP contribution is -2.64. The Hall–Kier alpha value is -2.22. The van der Waals surface area contributed by atoms with Crippen molar-refractivity contribution in [2.45, 2.75) is 11.4 Å². The molecule has 0 radical (unpaired) electrons. The highest BCUT2D eigenvalue weighted by molar-refractivity contribution is 5.83. The summed E-state index contributed by atoms with van der Waals surface area (Å²) in [4.78, 5) is 23.0. The van der Waals surface area contributed by atoms with Crippen molar-refractivity contribution in [1.82, 2.24) is 10.6 Å². The van der Waals surface area contributed by atoms with E-state index in [0.717, 1.165) is 12.2 Å². The Morgan fingerprint density at radius 3 is 1.43 bits per heavy atom. The number of rotatable bonds is 12. The summed E-state index contributed by atoms with van der Waals surface area (Å²) in [5, 5.41) is 23.7. The van der Waals surface area contributed by atoms with E-state index in [1.54, 1.807) is 0 Å². The standard InChI is InChI=1S/C14H20N2O5/c1-5-9-15-13(7-3,11(17)18)21-14(8-4,12(19)20)16-10-6-2/h5-8,15-16H,1-4,9-10H2,(H,17,18)(H,19,20). The fraction of sp³-hybridized carbons (Fsp3) is 0.286. The summed E-state index contributed by atoms with van der Waals surface area (Å²) in [6.45, 7) is 13.8.